The topological polar surface area (TPSA) is 38.3 Å². The van der Waals surface area contributed by atoms with E-state index in [1.54, 1.807) is 0 Å². The molecule has 1 aromatic carbocycles. The molecule has 3 nitrogen and oxygen atoms in total. The van der Waals surface area contributed by atoms with E-state index in [-0.39, 0.29) is 5.91 Å². The van der Waals surface area contributed by atoms with Gasteiger partial charge in [-0.1, -0.05) is 6.42 Å². The SMILES string of the molecule is CC(=O)Nc1ccc(OC2CCCCC2)cc1. The van der Waals surface area contributed by atoms with E-state index in [2.05, 4.69) is 5.32 Å². The molecule has 0 radical (unpaired) electrons. The van der Waals surface area contributed by atoms with Crippen LogP contribution in [0.5, 0.6) is 5.75 Å². The Morgan fingerprint density at radius 3 is 2.41 bits per heavy atom. The number of carbonyl (C=O) groups excluding carboxylic acids is 1. The van der Waals surface area contributed by atoms with Crippen LogP contribution < -0.4 is 10.1 Å². The monoisotopic (exact) mass is 233 g/mol. The van der Waals surface area contributed by atoms with Gasteiger partial charge in [0.15, 0.2) is 0 Å². The molecule has 17 heavy (non-hydrogen) atoms. The van der Waals surface area contributed by atoms with Crippen molar-refractivity contribution in [2.24, 2.45) is 0 Å². The van der Waals surface area contributed by atoms with Crippen LogP contribution in [0.15, 0.2) is 24.3 Å². The van der Waals surface area contributed by atoms with Crippen LogP contribution in [0.3, 0.4) is 0 Å². The largest absolute Gasteiger partial charge is 0.490 e. The smallest absolute Gasteiger partial charge is 0.221 e. The van der Waals surface area contributed by atoms with Crippen LogP contribution >= 0.6 is 0 Å². The summed E-state index contributed by atoms with van der Waals surface area (Å²) in [6, 6.07) is 7.58. The summed E-state index contributed by atoms with van der Waals surface area (Å²) in [5.41, 5.74) is 0.813. The van der Waals surface area contributed by atoms with Gasteiger partial charge in [-0.25, -0.2) is 0 Å². The summed E-state index contributed by atoms with van der Waals surface area (Å²) >= 11 is 0. The second kappa shape index (κ2) is 5.71. The molecule has 0 aliphatic heterocycles. The van der Waals surface area contributed by atoms with E-state index in [0.29, 0.717) is 6.10 Å². The molecule has 0 atom stereocenters. The predicted molar refractivity (Wildman–Crippen MR) is 68.2 cm³/mol. The Hall–Kier alpha value is -1.51. The maximum absolute atomic E-state index is 10.9. The molecule has 0 aromatic heterocycles. The molecule has 1 amide bonds. The van der Waals surface area contributed by atoms with E-state index in [0.717, 1.165) is 24.3 Å². The number of hydrogen-bond donors (Lipinski definition) is 1. The number of benzene rings is 1. The van der Waals surface area contributed by atoms with Crippen LogP contribution in [0.4, 0.5) is 5.69 Å². The highest BCUT2D eigenvalue weighted by Gasteiger charge is 2.14. The fourth-order valence-electron chi connectivity index (χ4n) is 2.20. The van der Waals surface area contributed by atoms with E-state index in [1.807, 2.05) is 24.3 Å². The molecule has 0 saturated heterocycles. The second-order valence-corrected chi connectivity index (χ2v) is 4.58. The van der Waals surface area contributed by atoms with Gasteiger partial charge < -0.3 is 10.1 Å². The van der Waals surface area contributed by atoms with Gasteiger partial charge in [0.25, 0.3) is 0 Å². The van der Waals surface area contributed by atoms with Gasteiger partial charge in [0.05, 0.1) is 6.10 Å². The average molecular weight is 233 g/mol. The molecular weight excluding hydrogens is 214 g/mol. The number of nitrogens with one attached hydrogen (secondary N) is 1. The van der Waals surface area contributed by atoms with Crippen molar-refractivity contribution >= 4 is 11.6 Å². The Kier molecular flexibility index (Phi) is 4.02. The van der Waals surface area contributed by atoms with Crippen LogP contribution in [0.2, 0.25) is 0 Å². The van der Waals surface area contributed by atoms with Crippen molar-refractivity contribution in [3.05, 3.63) is 24.3 Å². The van der Waals surface area contributed by atoms with Gasteiger partial charge in [-0.05, 0) is 49.9 Å². The minimum Gasteiger partial charge on any atom is -0.490 e. The van der Waals surface area contributed by atoms with Gasteiger partial charge in [0, 0.05) is 12.6 Å². The van der Waals surface area contributed by atoms with Crippen molar-refractivity contribution in [2.75, 3.05) is 5.32 Å². The average Bonchev–Trinajstić information content (AvgIpc) is 2.32. The van der Waals surface area contributed by atoms with E-state index >= 15 is 0 Å². The highest BCUT2D eigenvalue weighted by atomic mass is 16.5. The minimum atomic E-state index is -0.0500. The number of anilines is 1. The normalized spacial score (nSPS) is 16.5. The lowest BCUT2D eigenvalue weighted by Gasteiger charge is -2.23. The first-order chi connectivity index (χ1) is 8.24. The van der Waals surface area contributed by atoms with Crippen LogP contribution in [0, 0.1) is 0 Å². The summed E-state index contributed by atoms with van der Waals surface area (Å²) in [6.07, 6.45) is 6.57. The zero-order valence-electron chi connectivity index (χ0n) is 10.2. The molecule has 1 saturated carbocycles. The molecule has 2 rings (SSSR count). The summed E-state index contributed by atoms with van der Waals surface area (Å²) in [7, 11) is 0. The summed E-state index contributed by atoms with van der Waals surface area (Å²) in [4.78, 5) is 10.9. The number of amides is 1. The van der Waals surface area contributed by atoms with Crippen molar-refractivity contribution in [1.29, 1.82) is 0 Å². The maximum Gasteiger partial charge on any atom is 0.221 e. The molecule has 1 aliphatic rings. The minimum absolute atomic E-state index is 0.0500. The highest BCUT2D eigenvalue weighted by Crippen LogP contribution is 2.24. The van der Waals surface area contributed by atoms with Crippen LogP contribution in [-0.2, 0) is 4.79 Å². The summed E-state index contributed by atoms with van der Waals surface area (Å²) < 4.78 is 5.90. The zero-order chi connectivity index (χ0) is 12.1. The number of ether oxygens (including phenoxy) is 1. The quantitative estimate of drug-likeness (QED) is 0.869. The summed E-state index contributed by atoms with van der Waals surface area (Å²) in [6.45, 7) is 1.51. The van der Waals surface area contributed by atoms with E-state index in [4.69, 9.17) is 4.74 Å². The van der Waals surface area contributed by atoms with Gasteiger partial charge in [0.2, 0.25) is 5.91 Å². The molecule has 0 unspecified atom stereocenters. The van der Waals surface area contributed by atoms with Crippen molar-refractivity contribution in [3.63, 3.8) is 0 Å². The standard InChI is InChI=1S/C14H19NO2/c1-11(16)15-12-7-9-14(10-8-12)17-13-5-3-2-4-6-13/h7-10,13H,2-6H2,1H3,(H,15,16). The van der Waals surface area contributed by atoms with Crippen molar-refractivity contribution < 1.29 is 9.53 Å². The van der Waals surface area contributed by atoms with E-state index in [9.17, 15) is 4.79 Å². The first-order valence-electron chi connectivity index (χ1n) is 6.28. The highest BCUT2D eigenvalue weighted by molar-refractivity contribution is 5.88. The third kappa shape index (κ3) is 3.77. The Balaban J connectivity index is 1.90. The predicted octanol–water partition coefficient (Wildman–Crippen LogP) is 3.36. The van der Waals surface area contributed by atoms with E-state index < -0.39 is 0 Å². The Bertz CT molecular complexity index is 366. The lowest BCUT2D eigenvalue weighted by molar-refractivity contribution is -0.114. The molecule has 0 spiro atoms. The lowest BCUT2D eigenvalue weighted by atomic mass is 9.98. The second-order valence-electron chi connectivity index (χ2n) is 4.58. The maximum atomic E-state index is 10.9. The molecule has 0 bridgehead atoms. The number of rotatable bonds is 3. The molecule has 1 aromatic rings. The van der Waals surface area contributed by atoms with Gasteiger partial charge >= 0.3 is 0 Å². The molecule has 1 N–H and O–H groups in total. The third-order valence-electron chi connectivity index (χ3n) is 3.03. The fourth-order valence-corrected chi connectivity index (χ4v) is 2.20. The van der Waals surface area contributed by atoms with Crippen molar-refractivity contribution in [2.45, 2.75) is 45.1 Å². The Morgan fingerprint density at radius 2 is 1.82 bits per heavy atom. The van der Waals surface area contributed by atoms with Crippen LogP contribution in [-0.4, -0.2) is 12.0 Å². The molecule has 1 fully saturated rings. The van der Waals surface area contributed by atoms with Gasteiger partial charge in [-0.2, -0.15) is 0 Å². The summed E-state index contributed by atoms with van der Waals surface area (Å²) in [5, 5.41) is 2.74. The fraction of sp³-hybridized carbons (Fsp3) is 0.500. The van der Waals surface area contributed by atoms with Gasteiger partial charge in [-0.3, -0.25) is 4.79 Å². The number of carbonyl (C=O) groups is 1. The van der Waals surface area contributed by atoms with Gasteiger partial charge in [0.1, 0.15) is 5.75 Å². The first-order valence-corrected chi connectivity index (χ1v) is 6.28. The molecule has 0 heterocycles. The Morgan fingerprint density at radius 1 is 1.18 bits per heavy atom. The Labute approximate surface area is 102 Å². The zero-order valence-corrected chi connectivity index (χ0v) is 10.2. The number of hydrogen-bond acceptors (Lipinski definition) is 2. The summed E-state index contributed by atoms with van der Waals surface area (Å²) in [5.74, 6) is 0.844. The first kappa shape index (κ1) is 12.0. The van der Waals surface area contributed by atoms with Gasteiger partial charge in [-0.15, -0.1) is 0 Å². The van der Waals surface area contributed by atoms with Crippen LogP contribution in [0.1, 0.15) is 39.0 Å². The third-order valence-corrected chi connectivity index (χ3v) is 3.03. The molecule has 92 valence electrons. The molecule has 1 aliphatic carbocycles. The lowest BCUT2D eigenvalue weighted by Crippen LogP contribution is -2.19. The molecular formula is C14H19NO2. The van der Waals surface area contributed by atoms with Crippen molar-refractivity contribution in [1.82, 2.24) is 0 Å². The van der Waals surface area contributed by atoms with Crippen LogP contribution in [0.25, 0.3) is 0 Å². The molecule has 3 heteroatoms. The van der Waals surface area contributed by atoms with Crippen molar-refractivity contribution in [3.8, 4) is 5.75 Å². The van der Waals surface area contributed by atoms with E-state index in [1.165, 1.54) is 26.2 Å².